The van der Waals surface area contributed by atoms with E-state index in [9.17, 15) is 15.3 Å². The summed E-state index contributed by atoms with van der Waals surface area (Å²) in [7, 11) is 3.99. The van der Waals surface area contributed by atoms with Crippen LogP contribution in [-0.2, 0) is 13.1 Å². The van der Waals surface area contributed by atoms with Crippen molar-refractivity contribution in [2.45, 2.75) is 13.1 Å². The molecule has 0 N–H and O–H groups in total. The highest BCUT2D eigenvalue weighted by molar-refractivity contribution is 5.80. The number of hydrogen-bond donors (Lipinski definition) is 0. The second-order valence-electron chi connectivity index (χ2n) is 9.58. The standard InChI is InChI=1S/C33H27N5O/c1-36(2)30-16-14-29(15-17-30)32-31(28-12-4-3-5-13-28)37(22-26-10-6-8-24(18-26)20-34)33(39)38(32)23-27-11-7-9-25(19-27)21-35/h3-19H,22-23H2,1-2H3. The van der Waals surface area contributed by atoms with Gasteiger partial charge >= 0.3 is 5.69 Å². The lowest BCUT2D eigenvalue weighted by atomic mass is 10.0. The van der Waals surface area contributed by atoms with Gasteiger partial charge in [0, 0.05) is 30.9 Å². The first-order valence-electron chi connectivity index (χ1n) is 12.6. The van der Waals surface area contributed by atoms with Gasteiger partial charge in [0.2, 0.25) is 0 Å². The minimum Gasteiger partial charge on any atom is -0.378 e. The second-order valence-corrected chi connectivity index (χ2v) is 9.58. The summed E-state index contributed by atoms with van der Waals surface area (Å²) < 4.78 is 3.58. The van der Waals surface area contributed by atoms with Gasteiger partial charge in [-0.25, -0.2) is 4.79 Å². The molecule has 4 aromatic carbocycles. The molecule has 0 radical (unpaired) electrons. The number of hydrogen-bond acceptors (Lipinski definition) is 4. The SMILES string of the molecule is CN(C)c1ccc(-c2c(-c3ccccc3)n(Cc3cccc(C#N)c3)c(=O)n2Cc2cccc(C#N)c2)cc1. The third-order valence-corrected chi connectivity index (χ3v) is 6.72. The van der Waals surface area contributed by atoms with Crippen molar-refractivity contribution in [3.63, 3.8) is 0 Å². The number of benzene rings is 4. The highest BCUT2D eigenvalue weighted by atomic mass is 16.1. The van der Waals surface area contributed by atoms with Crippen molar-refractivity contribution in [3.05, 3.63) is 136 Å². The topological polar surface area (TPSA) is 77.8 Å². The largest absolute Gasteiger partial charge is 0.378 e. The Labute approximate surface area is 227 Å². The molecule has 0 aliphatic carbocycles. The second kappa shape index (κ2) is 11.0. The van der Waals surface area contributed by atoms with Crippen LogP contribution >= 0.6 is 0 Å². The maximum atomic E-state index is 14.2. The summed E-state index contributed by atoms with van der Waals surface area (Å²) in [5, 5.41) is 18.9. The van der Waals surface area contributed by atoms with Crippen molar-refractivity contribution in [3.8, 4) is 34.7 Å². The minimum atomic E-state index is -0.162. The molecule has 1 aromatic heterocycles. The highest BCUT2D eigenvalue weighted by Crippen LogP contribution is 2.34. The molecule has 0 unspecified atom stereocenters. The molecule has 6 nitrogen and oxygen atoms in total. The Kier molecular flexibility index (Phi) is 7.12. The quantitative estimate of drug-likeness (QED) is 0.274. The van der Waals surface area contributed by atoms with Gasteiger partial charge in [-0.05, 0) is 47.5 Å². The van der Waals surface area contributed by atoms with E-state index in [0.29, 0.717) is 24.2 Å². The molecular formula is C33H27N5O. The third-order valence-electron chi connectivity index (χ3n) is 6.72. The predicted molar refractivity (Wildman–Crippen MR) is 154 cm³/mol. The molecule has 0 saturated carbocycles. The molecule has 0 amide bonds. The molecule has 1 heterocycles. The fourth-order valence-corrected chi connectivity index (χ4v) is 4.83. The zero-order chi connectivity index (χ0) is 27.4. The maximum absolute atomic E-state index is 14.2. The van der Waals surface area contributed by atoms with Crippen molar-refractivity contribution in [2.24, 2.45) is 0 Å². The van der Waals surface area contributed by atoms with E-state index in [1.165, 1.54) is 0 Å². The summed E-state index contributed by atoms with van der Waals surface area (Å²) >= 11 is 0. The van der Waals surface area contributed by atoms with Crippen LogP contribution in [0.4, 0.5) is 5.69 Å². The first-order chi connectivity index (χ1) is 19.0. The van der Waals surface area contributed by atoms with Gasteiger partial charge in [0.15, 0.2) is 0 Å². The molecule has 6 heteroatoms. The summed E-state index contributed by atoms with van der Waals surface area (Å²) in [6.45, 7) is 0.622. The van der Waals surface area contributed by atoms with Gasteiger partial charge in [-0.3, -0.25) is 9.13 Å². The van der Waals surface area contributed by atoms with E-state index >= 15 is 0 Å². The van der Waals surface area contributed by atoms with Crippen LogP contribution in [0.15, 0.2) is 108 Å². The van der Waals surface area contributed by atoms with Gasteiger partial charge in [0.25, 0.3) is 0 Å². The molecule has 0 atom stereocenters. The number of rotatable bonds is 7. The molecule has 5 aromatic rings. The van der Waals surface area contributed by atoms with Crippen molar-refractivity contribution in [1.82, 2.24) is 9.13 Å². The average Bonchev–Trinajstić information content (AvgIpc) is 3.24. The highest BCUT2D eigenvalue weighted by Gasteiger charge is 2.23. The van der Waals surface area contributed by atoms with Crippen molar-refractivity contribution < 1.29 is 0 Å². The van der Waals surface area contributed by atoms with Gasteiger partial charge in [0.1, 0.15) is 0 Å². The summed E-state index contributed by atoms with van der Waals surface area (Å²) in [6, 6.07) is 37.2. The van der Waals surface area contributed by atoms with Gasteiger partial charge in [-0.1, -0.05) is 66.7 Å². The molecule has 39 heavy (non-hydrogen) atoms. The van der Waals surface area contributed by atoms with Gasteiger partial charge in [-0.15, -0.1) is 0 Å². The van der Waals surface area contributed by atoms with Crippen LogP contribution in [0.2, 0.25) is 0 Å². The zero-order valence-corrected chi connectivity index (χ0v) is 21.9. The van der Waals surface area contributed by atoms with Crippen LogP contribution in [0, 0.1) is 22.7 Å². The van der Waals surface area contributed by atoms with Gasteiger partial charge in [0.05, 0.1) is 47.7 Å². The predicted octanol–water partition coefficient (Wildman–Crippen LogP) is 5.89. The minimum absolute atomic E-state index is 0.162. The van der Waals surface area contributed by atoms with Crippen LogP contribution < -0.4 is 10.6 Å². The van der Waals surface area contributed by atoms with Crippen LogP contribution in [0.3, 0.4) is 0 Å². The zero-order valence-electron chi connectivity index (χ0n) is 21.9. The van der Waals surface area contributed by atoms with Crippen LogP contribution in [-0.4, -0.2) is 23.2 Å². The Morgan fingerprint density at radius 2 is 1.13 bits per heavy atom. The van der Waals surface area contributed by atoms with Crippen LogP contribution in [0.5, 0.6) is 0 Å². The lowest BCUT2D eigenvalue weighted by Gasteiger charge is -2.15. The number of nitriles is 2. The van der Waals surface area contributed by atoms with E-state index in [1.807, 2.05) is 110 Å². The number of nitrogens with zero attached hydrogens (tertiary/aromatic N) is 5. The van der Waals surface area contributed by atoms with Gasteiger partial charge < -0.3 is 4.90 Å². The van der Waals surface area contributed by atoms with Crippen molar-refractivity contribution in [2.75, 3.05) is 19.0 Å². The van der Waals surface area contributed by atoms with E-state index in [0.717, 1.165) is 39.3 Å². The molecule has 0 fully saturated rings. The first kappa shape index (κ1) is 25.3. The molecule has 5 rings (SSSR count). The fraction of sp³-hybridized carbons (Fsp3) is 0.121. The first-order valence-corrected chi connectivity index (χ1v) is 12.6. The molecule has 190 valence electrons. The van der Waals surface area contributed by atoms with E-state index in [2.05, 4.69) is 12.1 Å². The maximum Gasteiger partial charge on any atom is 0.329 e. The monoisotopic (exact) mass is 509 g/mol. The number of anilines is 1. The third kappa shape index (κ3) is 5.23. The molecule has 0 aliphatic rings. The Bertz CT molecular complexity index is 1760. The Morgan fingerprint density at radius 1 is 0.641 bits per heavy atom. The summed E-state index contributed by atoms with van der Waals surface area (Å²) in [6.07, 6.45) is 0. The number of imidazole rings is 1. The van der Waals surface area contributed by atoms with Crippen LogP contribution in [0.1, 0.15) is 22.3 Å². The summed E-state index contributed by atoms with van der Waals surface area (Å²) in [5.74, 6) is 0. The van der Waals surface area contributed by atoms with E-state index in [-0.39, 0.29) is 5.69 Å². The average molecular weight is 510 g/mol. The lowest BCUT2D eigenvalue weighted by Crippen LogP contribution is -2.26. The van der Waals surface area contributed by atoms with E-state index < -0.39 is 0 Å². The summed E-state index contributed by atoms with van der Waals surface area (Å²) in [5.41, 5.74) is 7.17. The van der Waals surface area contributed by atoms with Gasteiger partial charge in [-0.2, -0.15) is 10.5 Å². The fourth-order valence-electron chi connectivity index (χ4n) is 4.83. The smallest absolute Gasteiger partial charge is 0.329 e. The molecule has 0 bridgehead atoms. The Hall–Kier alpha value is -5.33. The number of aromatic nitrogens is 2. The summed E-state index contributed by atoms with van der Waals surface area (Å²) in [4.78, 5) is 16.3. The van der Waals surface area contributed by atoms with E-state index in [1.54, 1.807) is 21.3 Å². The molecular weight excluding hydrogens is 482 g/mol. The van der Waals surface area contributed by atoms with Crippen LogP contribution in [0.25, 0.3) is 22.5 Å². The Morgan fingerprint density at radius 3 is 1.59 bits per heavy atom. The molecule has 0 aliphatic heterocycles. The lowest BCUT2D eigenvalue weighted by molar-refractivity contribution is 0.689. The van der Waals surface area contributed by atoms with Crippen molar-refractivity contribution in [1.29, 1.82) is 10.5 Å². The Balaban J connectivity index is 1.78. The normalized spacial score (nSPS) is 10.6. The molecule has 0 saturated heterocycles. The molecule has 0 spiro atoms. The van der Waals surface area contributed by atoms with E-state index in [4.69, 9.17) is 0 Å². The van der Waals surface area contributed by atoms with Crippen molar-refractivity contribution >= 4 is 5.69 Å².